The van der Waals surface area contributed by atoms with Crippen LogP contribution >= 0.6 is 0 Å². The fourth-order valence-corrected chi connectivity index (χ4v) is 3.94. The minimum absolute atomic E-state index is 0.281. The van der Waals surface area contributed by atoms with Gasteiger partial charge in [-0.25, -0.2) is 4.79 Å². The Balaban J connectivity index is 3.34. The monoisotopic (exact) mass is 275 g/mol. The second kappa shape index (κ2) is 6.29. The van der Waals surface area contributed by atoms with Gasteiger partial charge in [0.2, 0.25) is 0 Å². The molecule has 0 radical (unpaired) electrons. The molecular weight excluding hydrogens is 257 g/mol. The first-order valence-electron chi connectivity index (χ1n) is 6.03. The molecule has 4 heteroatoms. The van der Waals surface area contributed by atoms with E-state index in [1.807, 2.05) is 23.2 Å². The minimum Gasteiger partial charge on any atom is -0.285 e. The summed E-state index contributed by atoms with van der Waals surface area (Å²) in [5, 5.41) is 0.977. The average Bonchev–Trinajstić information content (AvgIpc) is 2.42. The normalized spacial score (nSPS) is 10.6. The summed E-state index contributed by atoms with van der Waals surface area (Å²) in [5.41, 5.74) is 6.08. The molecule has 0 saturated heterocycles. The Labute approximate surface area is 114 Å². The van der Waals surface area contributed by atoms with Crippen molar-refractivity contribution in [2.75, 3.05) is 11.4 Å². The molecular formula is C15H18FNOSi. The number of hydrogen-bond acceptors (Lipinski definition) is 1. The second-order valence-corrected chi connectivity index (χ2v) is 7.76. The fourth-order valence-electron chi connectivity index (χ4n) is 1.96. The highest BCUT2D eigenvalue weighted by atomic mass is 28.3. The highest BCUT2D eigenvalue weighted by Gasteiger charge is 2.25. The lowest BCUT2D eigenvalue weighted by molar-refractivity contribution is 0.228. The van der Waals surface area contributed by atoms with Crippen LogP contribution in [-0.2, 0) is 0 Å². The number of halogens is 1. The van der Waals surface area contributed by atoms with Gasteiger partial charge in [-0.3, -0.25) is 4.90 Å². The van der Waals surface area contributed by atoms with E-state index in [1.165, 1.54) is 0 Å². The summed E-state index contributed by atoms with van der Waals surface area (Å²) in [6.45, 7) is 13.5. The molecule has 1 aromatic rings. The smallest absolute Gasteiger partial charge is 0.285 e. The van der Waals surface area contributed by atoms with E-state index in [4.69, 9.17) is 0 Å². The summed E-state index contributed by atoms with van der Waals surface area (Å²) in [6, 6.07) is 7.24. The van der Waals surface area contributed by atoms with Gasteiger partial charge in [0.05, 0.1) is 0 Å². The van der Waals surface area contributed by atoms with E-state index in [-0.39, 0.29) is 6.54 Å². The van der Waals surface area contributed by atoms with E-state index in [2.05, 4.69) is 19.7 Å². The van der Waals surface area contributed by atoms with Crippen LogP contribution in [0.5, 0.6) is 0 Å². The molecule has 2 nitrogen and oxygen atoms in total. The van der Waals surface area contributed by atoms with Crippen LogP contribution in [0.3, 0.4) is 0 Å². The van der Waals surface area contributed by atoms with Crippen LogP contribution in [0.1, 0.15) is 6.92 Å². The molecule has 0 atom stereocenters. The van der Waals surface area contributed by atoms with Crippen LogP contribution in [0.25, 0.3) is 0 Å². The third-order valence-corrected chi connectivity index (χ3v) is 6.54. The number of anilines is 1. The van der Waals surface area contributed by atoms with Gasteiger partial charge in [0.25, 0.3) is 0 Å². The summed E-state index contributed by atoms with van der Waals surface area (Å²) in [6.07, 6.45) is -1.46. The van der Waals surface area contributed by atoms with Gasteiger partial charge >= 0.3 is 6.16 Å². The van der Waals surface area contributed by atoms with Crippen LogP contribution in [0, 0.1) is 0 Å². The summed E-state index contributed by atoms with van der Waals surface area (Å²) >= 11 is 0. The number of carbonyl (C=O) groups excluding carboxylic acids is 1. The number of rotatable bonds is 6. The van der Waals surface area contributed by atoms with Gasteiger partial charge in [0.15, 0.2) is 8.07 Å². The summed E-state index contributed by atoms with van der Waals surface area (Å²) < 4.78 is 13.0. The minimum atomic E-state index is -2.19. The van der Waals surface area contributed by atoms with Crippen LogP contribution < -0.4 is 10.1 Å². The Kier molecular flexibility index (Phi) is 5.00. The molecule has 0 fully saturated rings. The maximum absolute atomic E-state index is 13.0. The molecule has 19 heavy (non-hydrogen) atoms. The largest absolute Gasteiger partial charge is 0.404 e. The Morgan fingerprint density at radius 2 is 1.89 bits per heavy atom. The third kappa shape index (κ3) is 2.90. The summed E-state index contributed by atoms with van der Waals surface area (Å²) in [4.78, 5) is 12.0. The molecule has 1 amide bonds. The van der Waals surface area contributed by atoms with Crippen molar-refractivity contribution in [2.24, 2.45) is 0 Å². The number of hydrogen-bond donors (Lipinski definition) is 0. The maximum Gasteiger partial charge on any atom is 0.404 e. The number of benzene rings is 1. The zero-order chi connectivity index (χ0) is 14.5. The first kappa shape index (κ1) is 15.1. The van der Waals surface area contributed by atoms with Crippen molar-refractivity contribution < 1.29 is 9.18 Å². The predicted octanol–water partition coefficient (Wildman–Crippen LogP) is 3.43. The highest BCUT2D eigenvalue weighted by molar-refractivity contribution is 7.03. The molecule has 0 aromatic heterocycles. The first-order chi connectivity index (χ1) is 9.04. The van der Waals surface area contributed by atoms with Gasteiger partial charge in [-0.05, 0) is 24.2 Å². The fraction of sp³-hybridized carbons (Fsp3) is 0.133. The van der Waals surface area contributed by atoms with E-state index in [0.29, 0.717) is 5.69 Å². The quantitative estimate of drug-likeness (QED) is 0.442. The average molecular weight is 275 g/mol. The van der Waals surface area contributed by atoms with Gasteiger partial charge in [-0.1, -0.05) is 29.2 Å². The van der Waals surface area contributed by atoms with Crippen LogP contribution in [-0.4, -0.2) is 20.8 Å². The van der Waals surface area contributed by atoms with E-state index in [1.54, 1.807) is 25.1 Å². The molecule has 0 aliphatic heterocycles. The van der Waals surface area contributed by atoms with Crippen molar-refractivity contribution in [3.05, 3.63) is 61.1 Å². The maximum atomic E-state index is 13.0. The Bertz CT molecular complexity index is 491. The van der Waals surface area contributed by atoms with Gasteiger partial charge in [0, 0.05) is 12.2 Å². The Morgan fingerprint density at radius 3 is 2.32 bits per heavy atom. The van der Waals surface area contributed by atoms with Crippen molar-refractivity contribution in [1.29, 1.82) is 0 Å². The number of carbonyl (C=O) groups is 1. The lowest BCUT2D eigenvalue weighted by atomic mass is 10.3. The van der Waals surface area contributed by atoms with Gasteiger partial charge in [0.1, 0.15) is 0 Å². The number of amides is 1. The summed E-state index contributed by atoms with van der Waals surface area (Å²) in [5.74, 6) is 0. The van der Waals surface area contributed by atoms with E-state index >= 15 is 0 Å². The lowest BCUT2D eigenvalue weighted by Crippen LogP contribution is -2.43. The molecule has 0 unspecified atom stereocenters. The van der Waals surface area contributed by atoms with Crippen molar-refractivity contribution in [1.82, 2.24) is 0 Å². The zero-order valence-electron chi connectivity index (χ0n) is 11.1. The predicted molar refractivity (Wildman–Crippen MR) is 81.9 cm³/mol. The van der Waals surface area contributed by atoms with Crippen molar-refractivity contribution in [3.8, 4) is 0 Å². The summed E-state index contributed by atoms with van der Waals surface area (Å²) in [7, 11) is -2.19. The number of nitrogens with zero attached hydrogens (tertiary/aromatic N) is 1. The molecule has 1 aromatic carbocycles. The lowest BCUT2D eigenvalue weighted by Gasteiger charge is -2.23. The topological polar surface area (TPSA) is 20.3 Å². The molecule has 0 bridgehead atoms. The molecule has 0 spiro atoms. The second-order valence-electron chi connectivity index (χ2n) is 4.09. The standard InChI is InChI=1S/C15H18FNOSi/c1-5-17(15(16)18)13-10-9-11-14(12-13)19(6-2,7-3)8-4/h6-12H,2-5H2,1H3. The molecule has 0 aliphatic carbocycles. The zero-order valence-corrected chi connectivity index (χ0v) is 12.1. The van der Waals surface area contributed by atoms with Crippen LogP contribution in [0.2, 0.25) is 0 Å². The van der Waals surface area contributed by atoms with Gasteiger partial charge < -0.3 is 0 Å². The van der Waals surface area contributed by atoms with E-state index < -0.39 is 14.2 Å². The van der Waals surface area contributed by atoms with Gasteiger partial charge in [-0.15, -0.1) is 24.1 Å². The van der Waals surface area contributed by atoms with E-state index in [0.717, 1.165) is 10.1 Å². The van der Waals surface area contributed by atoms with Crippen LogP contribution in [0.15, 0.2) is 61.1 Å². The molecule has 100 valence electrons. The first-order valence-corrected chi connectivity index (χ1v) is 8.26. The SMILES string of the molecule is C=C[Si](C=C)(C=C)c1cccc(N(CC)C(=O)F)c1. The van der Waals surface area contributed by atoms with Crippen molar-refractivity contribution in [2.45, 2.75) is 6.92 Å². The molecule has 1 rings (SSSR count). The molecule has 0 N–H and O–H groups in total. The van der Waals surface area contributed by atoms with Gasteiger partial charge in [-0.2, -0.15) is 0 Å². The van der Waals surface area contributed by atoms with E-state index in [9.17, 15) is 9.18 Å². The molecule has 0 saturated carbocycles. The Morgan fingerprint density at radius 1 is 1.32 bits per heavy atom. The third-order valence-electron chi connectivity index (χ3n) is 3.20. The Hall–Kier alpha value is -1.94. The van der Waals surface area contributed by atoms with Crippen LogP contribution in [0.4, 0.5) is 14.9 Å². The van der Waals surface area contributed by atoms with Crippen molar-refractivity contribution >= 4 is 25.1 Å². The molecule has 0 heterocycles. The van der Waals surface area contributed by atoms with Crippen molar-refractivity contribution in [3.63, 3.8) is 0 Å². The molecule has 0 aliphatic rings. The highest BCUT2D eigenvalue weighted by Crippen LogP contribution is 2.17.